The maximum atomic E-state index is 12.2. The molecular weight excluding hydrogens is 292 g/mol. The van der Waals surface area contributed by atoms with E-state index in [1.807, 2.05) is 18.4 Å². The minimum atomic E-state index is -0.333. The lowest BCUT2D eigenvalue weighted by Gasteiger charge is -2.21. The Balaban J connectivity index is 2.66. The van der Waals surface area contributed by atoms with Gasteiger partial charge in [-0.25, -0.2) is 4.79 Å². The lowest BCUT2D eigenvalue weighted by Crippen LogP contribution is -2.38. The predicted molar refractivity (Wildman–Crippen MR) is 85.8 cm³/mol. The van der Waals surface area contributed by atoms with Crippen LogP contribution in [-0.2, 0) is 0 Å². The van der Waals surface area contributed by atoms with E-state index >= 15 is 0 Å². The van der Waals surface area contributed by atoms with Crippen molar-refractivity contribution in [3.05, 3.63) is 27.7 Å². The summed E-state index contributed by atoms with van der Waals surface area (Å²) in [6, 6.07) is 0. The molecule has 1 aromatic heterocycles. The first kappa shape index (κ1) is 16.9. The van der Waals surface area contributed by atoms with Crippen molar-refractivity contribution < 1.29 is 9.63 Å². The number of carbonyl (C=O) groups excluding carboxylic acids is 1. The molecule has 0 atom stereocenters. The minimum Gasteiger partial charge on any atom is -0.315 e. The van der Waals surface area contributed by atoms with E-state index < -0.39 is 0 Å². The molecule has 20 heavy (non-hydrogen) atoms. The van der Waals surface area contributed by atoms with Gasteiger partial charge in [-0.15, -0.1) is 17.9 Å². The maximum absolute atomic E-state index is 12.2. The maximum Gasteiger partial charge on any atom is 0.434 e. The fourth-order valence-electron chi connectivity index (χ4n) is 1.69. The number of rotatable bonds is 8. The SMILES string of the molecule is C=CCCCN(CCCC)C(=O)On1c(C)csc1=S. The lowest BCUT2D eigenvalue weighted by molar-refractivity contribution is 0.0889. The fraction of sp³-hybridized carbons (Fsp3) is 0.571. The van der Waals surface area contributed by atoms with Crippen molar-refractivity contribution in [2.24, 2.45) is 0 Å². The molecule has 6 heteroatoms. The number of unbranched alkanes of at least 4 members (excludes halogenated alkanes) is 2. The molecule has 0 aliphatic rings. The molecule has 1 aromatic rings. The molecule has 0 aliphatic carbocycles. The first-order chi connectivity index (χ1) is 9.60. The van der Waals surface area contributed by atoms with Crippen molar-refractivity contribution in [3.63, 3.8) is 0 Å². The summed E-state index contributed by atoms with van der Waals surface area (Å²) in [5.74, 6) is 0. The largest absolute Gasteiger partial charge is 0.434 e. The smallest absolute Gasteiger partial charge is 0.315 e. The standard InChI is InChI=1S/C14H22N2O2S2/c1-4-6-8-10-15(9-7-5-2)13(17)18-16-12(3)11-20-14(16)19/h4,11H,1,5-10H2,2-3H3. The van der Waals surface area contributed by atoms with E-state index in [0.717, 1.165) is 31.4 Å². The van der Waals surface area contributed by atoms with Crippen LogP contribution in [0.4, 0.5) is 4.79 Å². The van der Waals surface area contributed by atoms with Gasteiger partial charge in [-0.3, -0.25) is 0 Å². The average Bonchev–Trinajstić information content (AvgIpc) is 2.74. The van der Waals surface area contributed by atoms with Crippen LogP contribution in [0.2, 0.25) is 0 Å². The Kier molecular flexibility index (Phi) is 7.54. The summed E-state index contributed by atoms with van der Waals surface area (Å²) in [5, 5.41) is 1.88. The molecule has 0 aromatic carbocycles. The molecule has 0 N–H and O–H groups in total. The average molecular weight is 314 g/mol. The predicted octanol–water partition coefficient (Wildman–Crippen LogP) is 4.20. The van der Waals surface area contributed by atoms with Crippen LogP contribution in [0, 0.1) is 10.9 Å². The van der Waals surface area contributed by atoms with E-state index in [4.69, 9.17) is 17.1 Å². The van der Waals surface area contributed by atoms with Gasteiger partial charge in [-0.1, -0.05) is 19.4 Å². The molecule has 0 saturated heterocycles. The molecule has 1 amide bonds. The molecule has 0 aliphatic heterocycles. The van der Waals surface area contributed by atoms with Crippen LogP contribution in [0.3, 0.4) is 0 Å². The van der Waals surface area contributed by atoms with Crippen LogP contribution in [0.5, 0.6) is 0 Å². The zero-order chi connectivity index (χ0) is 15.0. The van der Waals surface area contributed by atoms with Crippen LogP contribution < -0.4 is 4.84 Å². The molecule has 1 heterocycles. The van der Waals surface area contributed by atoms with Crippen molar-refractivity contribution in [3.8, 4) is 0 Å². The van der Waals surface area contributed by atoms with Gasteiger partial charge in [0.05, 0.1) is 5.69 Å². The molecular formula is C14H22N2O2S2. The fourth-order valence-corrected chi connectivity index (χ4v) is 2.66. The highest BCUT2D eigenvalue weighted by atomic mass is 32.1. The van der Waals surface area contributed by atoms with Gasteiger partial charge in [0.15, 0.2) is 3.95 Å². The number of nitrogens with zero attached hydrogens (tertiary/aromatic N) is 2. The molecule has 1 rings (SSSR count). The molecule has 112 valence electrons. The Morgan fingerprint density at radius 3 is 2.80 bits per heavy atom. The van der Waals surface area contributed by atoms with Gasteiger partial charge >= 0.3 is 6.09 Å². The zero-order valence-corrected chi connectivity index (χ0v) is 13.8. The molecule has 0 saturated carbocycles. The number of hydrogen-bond donors (Lipinski definition) is 0. The second-order valence-corrected chi connectivity index (χ2v) is 6.07. The number of allylic oxidation sites excluding steroid dienone is 1. The Bertz CT molecular complexity index is 494. The summed E-state index contributed by atoms with van der Waals surface area (Å²) in [4.78, 5) is 19.4. The highest BCUT2D eigenvalue weighted by Gasteiger charge is 2.16. The number of amides is 1. The third-order valence-electron chi connectivity index (χ3n) is 2.86. The Labute approximate surface area is 129 Å². The third-order valence-corrected chi connectivity index (χ3v) is 4.14. The van der Waals surface area contributed by atoms with Crippen LogP contribution >= 0.6 is 23.6 Å². The van der Waals surface area contributed by atoms with E-state index in [1.165, 1.54) is 16.1 Å². The van der Waals surface area contributed by atoms with E-state index in [1.54, 1.807) is 4.90 Å². The summed E-state index contributed by atoms with van der Waals surface area (Å²) >= 11 is 6.54. The van der Waals surface area contributed by atoms with Crippen molar-refractivity contribution >= 4 is 29.6 Å². The van der Waals surface area contributed by atoms with Gasteiger partial charge in [0.1, 0.15) is 0 Å². The quantitative estimate of drug-likeness (QED) is 0.410. The number of carbonyl (C=O) groups is 1. The van der Waals surface area contributed by atoms with E-state index in [-0.39, 0.29) is 6.09 Å². The first-order valence-corrected chi connectivity index (χ1v) is 8.14. The molecule has 0 spiro atoms. The van der Waals surface area contributed by atoms with Crippen LogP contribution in [-0.4, -0.2) is 28.8 Å². The van der Waals surface area contributed by atoms with E-state index in [2.05, 4.69) is 13.5 Å². The monoisotopic (exact) mass is 314 g/mol. The van der Waals surface area contributed by atoms with E-state index in [0.29, 0.717) is 17.0 Å². The van der Waals surface area contributed by atoms with Crippen LogP contribution in [0.1, 0.15) is 38.3 Å². The van der Waals surface area contributed by atoms with Gasteiger partial charge in [0, 0.05) is 18.5 Å². The van der Waals surface area contributed by atoms with Crippen LogP contribution in [0.25, 0.3) is 0 Å². The van der Waals surface area contributed by atoms with Crippen molar-refractivity contribution in [2.75, 3.05) is 13.1 Å². The van der Waals surface area contributed by atoms with Crippen molar-refractivity contribution in [1.82, 2.24) is 9.63 Å². The van der Waals surface area contributed by atoms with Gasteiger partial charge in [0.2, 0.25) is 0 Å². The van der Waals surface area contributed by atoms with Crippen molar-refractivity contribution in [2.45, 2.75) is 39.5 Å². The van der Waals surface area contributed by atoms with E-state index in [9.17, 15) is 4.79 Å². The minimum absolute atomic E-state index is 0.333. The summed E-state index contributed by atoms with van der Waals surface area (Å²) in [6.45, 7) is 9.06. The molecule has 0 fully saturated rings. The second-order valence-electron chi connectivity index (χ2n) is 4.57. The number of aryl methyl sites for hydroxylation is 1. The zero-order valence-electron chi connectivity index (χ0n) is 12.1. The van der Waals surface area contributed by atoms with Gasteiger partial charge in [0.25, 0.3) is 0 Å². The number of thiazole rings is 1. The number of aromatic nitrogens is 1. The lowest BCUT2D eigenvalue weighted by atomic mass is 10.2. The summed E-state index contributed by atoms with van der Waals surface area (Å²) in [5.41, 5.74) is 0.842. The number of hydrogen-bond acceptors (Lipinski definition) is 4. The summed E-state index contributed by atoms with van der Waals surface area (Å²) in [6.07, 6.45) is 5.34. The van der Waals surface area contributed by atoms with Gasteiger partial charge in [-0.2, -0.15) is 4.73 Å². The Hall–Kier alpha value is -1.14. The Morgan fingerprint density at radius 2 is 2.25 bits per heavy atom. The summed E-state index contributed by atoms with van der Waals surface area (Å²) in [7, 11) is 0. The second kappa shape index (κ2) is 8.92. The third kappa shape index (κ3) is 5.09. The van der Waals surface area contributed by atoms with Gasteiger partial charge in [-0.05, 0) is 38.4 Å². The molecule has 0 radical (unpaired) electrons. The normalized spacial score (nSPS) is 10.3. The molecule has 0 unspecified atom stereocenters. The summed E-state index contributed by atoms with van der Waals surface area (Å²) < 4.78 is 1.98. The van der Waals surface area contributed by atoms with Gasteiger partial charge < -0.3 is 9.74 Å². The molecule has 4 nitrogen and oxygen atoms in total. The highest BCUT2D eigenvalue weighted by Crippen LogP contribution is 2.09. The van der Waals surface area contributed by atoms with Crippen LogP contribution in [0.15, 0.2) is 18.0 Å². The molecule has 0 bridgehead atoms. The topological polar surface area (TPSA) is 34.5 Å². The Morgan fingerprint density at radius 1 is 1.55 bits per heavy atom. The first-order valence-electron chi connectivity index (χ1n) is 6.85. The highest BCUT2D eigenvalue weighted by molar-refractivity contribution is 7.73. The van der Waals surface area contributed by atoms with Crippen molar-refractivity contribution in [1.29, 1.82) is 0 Å².